The Labute approximate surface area is 166 Å². The van der Waals surface area contributed by atoms with E-state index in [2.05, 4.69) is 0 Å². The zero-order valence-corrected chi connectivity index (χ0v) is 15.9. The topological polar surface area (TPSA) is 25.8 Å². The molecule has 0 N–H and O–H groups in total. The number of halogens is 3. The molecule has 0 aliphatic heterocycles. The fourth-order valence-electron chi connectivity index (χ4n) is 2.83. The van der Waals surface area contributed by atoms with Gasteiger partial charge in [-0.2, -0.15) is 0 Å². The average Bonchev–Trinajstić information content (AvgIpc) is 2.65. The van der Waals surface area contributed by atoms with Crippen LogP contribution in [-0.2, 0) is 6.42 Å². The summed E-state index contributed by atoms with van der Waals surface area (Å²) in [5.41, 5.74) is 5.29. The summed E-state index contributed by atoms with van der Waals surface area (Å²) in [6.45, 7) is 0. The lowest BCUT2D eigenvalue weighted by Crippen LogP contribution is -2.00. The van der Waals surface area contributed by atoms with Crippen LogP contribution in [0, 0.1) is 0 Å². The monoisotopic (exact) mass is 398 g/mol. The molecular formula is C21H13Cl3N2. The minimum atomic E-state index is 0.470. The second-order valence-corrected chi connectivity index (χ2v) is 7.19. The molecule has 0 amide bonds. The largest absolute Gasteiger partial charge is 0.249 e. The molecule has 0 radical (unpaired) electrons. The summed E-state index contributed by atoms with van der Waals surface area (Å²) in [5.74, 6) is 0. The van der Waals surface area contributed by atoms with Crippen LogP contribution in [0.3, 0.4) is 0 Å². The van der Waals surface area contributed by atoms with Crippen molar-refractivity contribution in [3.8, 4) is 11.3 Å². The van der Waals surface area contributed by atoms with E-state index in [-0.39, 0.29) is 0 Å². The Morgan fingerprint density at radius 1 is 0.692 bits per heavy atom. The number of nitrogens with zero attached hydrogens (tertiary/aromatic N) is 2. The van der Waals surface area contributed by atoms with Gasteiger partial charge in [-0.3, -0.25) is 0 Å². The predicted octanol–water partition coefficient (Wildman–Crippen LogP) is 6.85. The summed E-state index contributed by atoms with van der Waals surface area (Å²) in [5, 5.41) is 1.65. The zero-order valence-electron chi connectivity index (χ0n) is 13.6. The van der Waals surface area contributed by atoms with Crippen molar-refractivity contribution in [2.45, 2.75) is 6.42 Å². The Kier molecular flexibility index (Phi) is 4.82. The summed E-state index contributed by atoms with van der Waals surface area (Å²) >= 11 is 18.3. The van der Waals surface area contributed by atoms with E-state index in [0.29, 0.717) is 21.5 Å². The second kappa shape index (κ2) is 7.24. The van der Waals surface area contributed by atoms with Crippen LogP contribution in [0.1, 0.15) is 11.3 Å². The van der Waals surface area contributed by atoms with Crippen LogP contribution in [0.2, 0.25) is 15.1 Å². The number of hydrogen-bond donors (Lipinski definition) is 0. The first-order chi connectivity index (χ1) is 12.6. The smallest absolute Gasteiger partial charge is 0.0928 e. The van der Waals surface area contributed by atoms with Crippen molar-refractivity contribution in [1.82, 2.24) is 9.97 Å². The fraction of sp³-hybridized carbons (Fsp3) is 0.0476. The molecule has 1 aromatic heterocycles. The summed E-state index contributed by atoms with van der Waals surface area (Å²) < 4.78 is 0. The van der Waals surface area contributed by atoms with Crippen molar-refractivity contribution < 1.29 is 0 Å². The molecule has 0 bridgehead atoms. The van der Waals surface area contributed by atoms with Crippen molar-refractivity contribution in [3.63, 3.8) is 0 Å². The highest BCUT2D eigenvalue weighted by molar-refractivity contribution is 6.42. The lowest BCUT2D eigenvalue weighted by atomic mass is 10.0. The molecule has 0 aliphatic rings. The van der Waals surface area contributed by atoms with Crippen LogP contribution in [0.4, 0.5) is 0 Å². The number of aromatic nitrogens is 2. The Hall–Kier alpha value is -2.13. The maximum atomic E-state index is 6.16. The highest BCUT2D eigenvalue weighted by atomic mass is 35.5. The number of hydrogen-bond acceptors (Lipinski definition) is 2. The molecule has 2 nitrogen and oxygen atoms in total. The van der Waals surface area contributed by atoms with Crippen molar-refractivity contribution in [2.24, 2.45) is 0 Å². The quantitative estimate of drug-likeness (QED) is 0.376. The molecule has 128 valence electrons. The lowest BCUT2D eigenvalue weighted by Gasteiger charge is -2.11. The van der Waals surface area contributed by atoms with Gasteiger partial charge in [0.2, 0.25) is 0 Å². The van der Waals surface area contributed by atoms with Crippen LogP contribution < -0.4 is 0 Å². The minimum Gasteiger partial charge on any atom is -0.249 e. The summed E-state index contributed by atoms with van der Waals surface area (Å²) in [4.78, 5) is 9.66. The van der Waals surface area contributed by atoms with E-state index >= 15 is 0 Å². The molecular weight excluding hydrogens is 387 g/mol. The molecule has 26 heavy (non-hydrogen) atoms. The first-order valence-electron chi connectivity index (χ1n) is 8.06. The predicted molar refractivity (Wildman–Crippen MR) is 109 cm³/mol. The number of rotatable bonds is 3. The molecule has 1 heterocycles. The third-order valence-corrected chi connectivity index (χ3v) is 5.08. The lowest BCUT2D eigenvalue weighted by molar-refractivity contribution is 1.07. The van der Waals surface area contributed by atoms with Gasteiger partial charge in [0.25, 0.3) is 0 Å². The molecule has 4 rings (SSSR count). The normalized spacial score (nSPS) is 11.0. The molecule has 0 aliphatic carbocycles. The van der Waals surface area contributed by atoms with E-state index in [9.17, 15) is 0 Å². The Bertz CT molecular complexity index is 1080. The first-order valence-corrected chi connectivity index (χ1v) is 9.19. The maximum absolute atomic E-state index is 6.16. The van der Waals surface area contributed by atoms with Gasteiger partial charge in [0.15, 0.2) is 0 Å². The van der Waals surface area contributed by atoms with Gasteiger partial charge in [-0.05, 0) is 29.8 Å². The molecule has 5 heteroatoms. The van der Waals surface area contributed by atoms with E-state index in [1.165, 1.54) is 0 Å². The number of fused-ring (bicyclic) bond motifs is 1. The Morgan fingerprint density at radius 2 is 1.31 bits per heavy atom. The second-order valence-electron chi connectivity index (χ2n) is 5.94. The summed E-state index contributed by atoms with van der Waals surface area (Å²) in [6.07, 6.45) is 0.643. The Morgan fingerprint density at radius 3 is 1.96 bits per heavy atom. The standard InChI is InChI=1S/C21H13Cl3N2/c22-15-8-6-13(7-9-15)10-20-21(14-4-2-1-3-5-14)26-19-12-17(24)16(23)11-18(19)25-20/h1-9,11-12H,10H2. The van der Waals surface area contributed by atoms with Crippen LogP contribution >= 0.6 is 34.8 Å². The van der Waals surface area contributed by atoms with E-state index in [4.69, 9.17) is 44.8 Å². The molecule has 0 saturated heterocycles. The summed E-state index contributed by atoms with van der Waals surface area (Å²) in [6, 6.07) is 21.3. The molecule has 0 atom stereocenters. The van der Waals surface area contributed by atoms with E-state index in [1.54, 1.807) is 12.1 Å². The van der Waals surface area contributed by atoms with Crippen molar-refractivity contribution in [3.05, 3.63) is 93.1 Å². The van der Waals surface area contributed by atoms with Crippen LogP contribution in [0.15, 0.2) is 66.7 Å². The van der Waals surface area contributed by atoms with Crippen LogP contribution in [-0.4, -0.2) is 9.97 Å². The highest BCUT2D eigenvalue weighted by Gasteiger charge is 2.13. The molecule has 4 aromatic rings. The fourth-order valence-corrected chi connectivity index (χ4v) is 3.28. The third kappa shape index (κ3) is 3.54. The van der Waals surface area contributed by atoms with Crippen molar-refractivity contribution in [2.75, 3.05) is 0 Å². The van der Waals surface area contributed by atoms with Gasteiger partial charge >= 0.3 is 0 Å². The van der Waals surface area contributed by atoms with E-state index in [0.717, 1.165) is 33.5 Å². The van der Waals surface area contributed by atoms with Crippen LogP contribution in [0.25, 0.3) is 22.3 Å². The molecule has 3 aromatic carbocycles. The van der Waals surface area contributed by atoms with Gasteiger partial charge in [-0.1, -0.05) is 77.3 Å². The Balaban J connectivity index is 1.90. The van der Waals surface area contributed by atoms with Crippen LogP contribution in [0.5, 0.6) is 0 Å². The number of benzene rings is 3. The van der Waals surface area contributed by atoms with Gasteiger partial charge in [-0.15, -0.1) is 0 Å². The average molecular weight is 400 g/mol. The van der Waals surface area contributed by atoms with Crippen molar-refractivity contribution in [1.29, 1.82) is 0 Å². The SMILES string of the molecule is Clc1ccc(Cc2nc3cc(Cl)c(Cl)cc3nc2-c2ccccc2)cc1. The van der Waals surface area contributed by atoms with Gasteiger partial charge in [0.05, 0.1) is 32.5 Å². The van der Waals surface area contributed by atoms with E-state index < -0.39 is 0 Å². The van der Waals surface area contributed by atoms with Gasteiger partial charge < -0.3 is 0 Å². The summed E-state index contributed by atoms with van der Waals surface area (Å²) in [7, 11) is 0. The maximum Gasteiger partial charge on any atom is 0.0928 e. The first kappa shape index (κ1) is 17.3. The minimum absolute atomic E-state index is 0.470. The molecule has 0 fully saturated rings. The van der Waals surface area contributed by atoms with Crippen molar-refractivity contribution >= 4 is 45.8 Å². The molecule has 0 unspecified atom stereocenters. The molecule has 0 spiro atoms. The van der Waals surface area contributed by atoms with Gasteiger partial charge in [0.1, 0.15) is 0 Å². The van der Waals surface area contributed by atoms with Gasteiger partial charge in [0, 0.05) is 17.0 Å². The van der Waals surface area contributed by atoms with E-state index in [1.807, 2.05) is 54.6 Å². The highest BCUT2D eigenvalue weighted by Crippen LogP contribution is 2.30. The molecule has 0 saturated carbocycles. The zero-order chi connectivity index (χ0) is 18.1. The third-order valence-electron chi connectivity index (χ3n) is 4.11. The van der Waals surface area contributed by atoms with Gasteiger partial charge in [-0.25, -0.2) is 9.97 Å².